The molecule has 1 aliphatic heterocycles. The number of hydrogen-bond acceptors (Lipinski definition) is 2. The average Bonchev–Trinajstić information content (AvgIpc) is 3.32. The summed E-state index contributed by atoms with van der Waals surface area (Å²) in [4.78, 5) is 33.4. The van der Waals surface area contributed by atoms with Gasteiger partial charge >= 0.3 is 6.17 Å². The molecule has 0 unspecified atom stereocenters. The number of rotatable bonds is 7. The van der Waals surface area contributed by atoms with Crippen molar-refractivity contribution in [3.8, 4) is 0 Å². The molecule has 148 valence electrons. The lowest BCUT2D eigenvalue weighted by Gasteiger charge is -2.20. The number of carbonyl (C=O) groups excluding carboxylic acids is 2. The molecule has 1 saturated heterocycles. The van der Waals surface area contributed by atoms with Crippen LogP contribution in [0.4, 0.5) is 5.69 Å². The van der Waals surface area contributed by atoms with Crippen molar-refractivity contribution in [2.24, 2.45) is 5.92 Å². The first-order chi connectivity index (χ1) is 13.5. The second-order valence-corrected chi connectivity index (χ2v) is 7.61. The topological polar surface area (TPSA) is 69.6 Å². The highest BCUT2D eigenvalue weighted by molar-refractivity contribution is 5.94. The van der Waals surface area contributed by atoms with Crippen LogP contribution in [0.2, 0.25) is 0 Å². The first kappa shape index (κ1) is 19.9. The molecule has 3 rings (SSSR count). The molecule has 2 amide bonds. The number of benzene rings is 1. The number of aromatic nitrogens is 1. The van der Waals surface area contributed by atoms with E-state index in [4.69, 9.17) is 6.57 Å². The van der Waals surface area contributed by atoms with E-state index in [1.807, 2.05) is 31.3 Å². The third kappa shape index (κ3) is 4.36. The molecule has 0 aliphatic carbocycles. The normalized spacial score (nSPS) is 17.5. The van der Waals surface area contributed by atoms with Crippen LogP contribution in [0.3, 0.4) is 0 Å². The van der Waals surface area contributed by atoms with Crippen molar-refractivity contribution in [1.82, 2.24) is 9.88 Å². The Morgan fingerprint density at radius 2 is 2.25 bits per heavy atom. The van der Waals surface area contributed by atoms with E-state index in [0.717, 1.165) is 47.8 Å². The Labute approximate surface area is 166 Å². The molecule has 0 bridgehead atoms. The summed E-state index contributed by atoms with van der Waals surface area (Å²) >= 11 is 0. The van der Waals surface area contributed by atoms with Crippen molar-refractivity contribution < 1.29 is 9.59 Å². The minimum absolute atomic E-state index is 0.0288. The molecule has 1 fully saturated rings. The third-order valence-electron chi connectivity index (χ3n) is 5.41. The lowest BCUT2D eigenvalue weighted by molar-refractivity contribution is -0.135. The molecular weight excluding hydrogens is 352 g/mol. The monoisotopic (exact) mass is 380 g/mol. The van der Waals surface area contributed by atoms with Gasteiger partial charge in [-0.1, -0.05) is 20.3 Å². The van der Waals surface area contributed by atoms with Crippen LogP contribution in [0.15, 0.2) is 24.4 Å². The largest absolute Gasteiger partial charge is 0.361 e. The third-order valence-corrected chi connectivity index (χ3v) is 5.41. The summed E-state index contributed by atoms with van der Waals surface area (Å²) in [6.45, 7) is 12.0. The SMILES string of the molecule is [C-]#[N+][C@@H]1CCCN1C(=O)[C@H](C)Cc1c[nH]c2ccc(NC(=O)CCCC)cc12. The molecule has 6 heteroatoms. The Hall–Kier alpha value is -2.81. The van der Waals surface area contributed by atoms with Crippen LogP contribution in [0.1, 0.15) is 51.5 Å². The Balaban J connectivity index is 1.72. The molecule has 6 nitrogen and oxygen atoms in total. The first-order valence-electron chi connectivity index (χ1n) is 10.1. The number of likely N-dealkylation sites (tertiary alicyclic amines) is 1. The van der Waals surface area contributed by atoms with Gasteiger partial charge in [0.25, 0.3) is 0 Å². The fraction of sp³-hybridized carbons (Fsp3) is 0.500. The number of nitrogens with zero attached hydrogens (tertiary/aromatic N) is 2. The average molecular weight is 380 g/mol. The predicted octanol–water partition coefficient (Wildman–Crippen LogP) is 4.34. The molecule has 0 radical (unpaired) electrons. The number of anilines is 1. The summed E-state index contributed by atoms with van der Waals surface area (Å²) in [5.74, 6) is -0.109. The van der Waals surface area contributed by atoms with E-state index in [2.05, 4.69) is 22.1 Å². The Kier molecular flexibility index (Phi) is 6.35. The molecule has 1 aromatic carbocycles. The number of nitrogens with one attached hydrogen (secondary N) is 2. The number of aromatic amines is 1. The summed E-state index contributed by atoms with van der Waals surface area (Å²) in [6.07, 6.45) is 6.31. The molecule has 2 N–H and O–H groups in total. The van der Waals surface area contributed by atoms with Crippen molar-refractivity contribution in [2.75, 3.05) is 11.9 Å². The molecule has 28 heavy (non-hydrogen) atoms. The highest BCUT2D eigenvalue weighted by atomic mass is 16.2. The second kappa shape index (κ2) is 8.92. The Morgan fingerprint density at radius 1 is 1.43 bits per heavy atom. The molecule has 2 heterocycles. The predicted molar refractivity (Wildman–Crippen MR) is 111 cm³/mol. The first-order valence-corrected chi connectivity index (χ1v) is 10.1. The molecule has 0 saturated carbocycles. The van der Waals surface area contributed by atoms with Crippen molar-refractivity contribution >= 4 is 28.4 Å². The molecular formula is C22H28N4O2. The lowest BCUT2D eigenvalue weighted by Crippen LogP contribution is -2.38. The van der Waals surface area contributed by atoms with Gasteiger partial charge in [0.05, 0.1) is 0 Å². The highest BCUT2D eigenvalue weighted by Crippen LogP contribution is 2.27. The summed E-state index contributed by atoms with van der Waals surface area (Å²) in [7, 11) is 0. The standard InChI is InChI=1S/C22H28N4O2/c1-4-5-8-21(27)25-17-9-10-19-18(13-17)16(14-24-19)12-15(2)22(28)26-11-6-7-20(26)23-3/h9-10,13-15,20,24H,4-8,11-12H2,1-2H3,(H,25,27)/t15-,20+/m1/s1. The second-order valence-electron chi connectivity index (χ2n) is 7.61. The van der Waals surface area contributed by atoms with Gasteiger partial charge in [-0.15, -0.1) is 0 Å². The van der Waals surface area contributed by atoms with E-state index in [-0.39, 0.29) is 23.9 Å². The number of H-pyrrole nitrogens is 1. The van der Waals surface area contributed by atoms with Crippen LogP contribution in [0.5, 0.6) is 0 Å². The number of hydrogen-bond donors (Lipinski definition) is 2. The van der Waals surface area contributed by atoms with Gasteiger partial charge in [0.1, 0.15) is 0 Å². The van der Waals surface area contributed by atoms with Crippen molar-refractivity contribution in [3.63, 3.8) is 0 Å². The summed E-state index contributed by atoms with van der Waals surface area (Å²) in [5.41, 5.74) is 2.82. The van der Waals surface area contributed by atoms with E-state index in [0.29, 0.717) is 19.4 Å². The van der Waals surface area contributed by atoms with Crippen LogP contribution in [-0.4, -0.2) is 34.4 Å². The van der Waals surface area contributed by atoms with Crippen LogP contribution >= 0.6 is 0 Å². The summed E-state index contributed by atoms with van der Waals surface area (Å²) < 4.78 is 0. The quantitative estimate of drug-likeness (QED) is 0.702. The van der Waals surface area contributed by atoms with Crippen LogP contribution in [0, 0.1) is 12.5 Å². The zero-order valence-corrected chi connectivity index (χ0v) is 16.6. The number of amides is 2. The van der Waals surface area contributed by atoms with Crippen LogP contribution in [0.25, 0.3) is 15.7 Å². The van der Waals surface area contributed by atoms with Gasteiger partial charge in [0, 0.05) is 48.1 Å². The number of fused-ring (bicyclic) bond motifs is 1. The minimum atomic E-state index is -0.303. The maximum atomic E-state index is 12.8. The molecule has 2 aromatic rings. The lowest BCUT2D eigenvalue weighted by atomic mass is 9.99. The number of carbonyl (C=O) groups is 2. The zero-order valence-electron chi connectivity index (χ0n) is 16.6. The Morgan fingerprint density at radius 3 is 3.00 bits per heavy atom. The van der Waals surface area contributed by atoms with Gasteiger partial charge in [0.2, 0.25) is 11.8 Å². The van der Waals surface area contributed by atoms with Gasteiger partial charge in [-0.25, -0.2) is 6.57 Å². The van der Waals surface area contributed by atoms with Crippen LogP contribution < -0.4 is 5.32 Å². The maximum absolute atomic E-state index is 12.8. The van der Waals surface area contributed by atoms with E-state index in [9.17, 15) is 9.59 Å². The number of unbranched alkanes of at least 4 members (excludes halogenated alkanes) is 1. The van der Waals surface area contributed by atoms with Crippen molar-refractivity contribution in [3.05, 3.63) is 41.4 Å². The molecule has 0 spiro atoms. The van der Waals surface area contributed by atoms with E-state index >= 15 is 0 Å². The van der Waals surface area contributed by atoms with E-state index in [1.54, 1.807) is 4.90 Å². The minimum Gasteiger partial charge on any atom is -0.361 e. The molecule has 1 aliphatic rings. The van der Waals surface area contributed by atoms with Gasteiger partial charge < -0.3 is 10.3 Å². The van der Waals surface area contributed by atoms with Crippen LogP contribution in [-0.2, 0) is 16.0 Å². The van der Waals surface area contributed by atoms with Crippen molar-refractivity contribution in [1.29, 1.82) is 0 Å². The highest BCUT2D eigenvalue weighted by Gasteiger charge is 2.35. The molecule has 2 atom stereocenters. The van der Waals surface area contributed by atoms with E-state index in [1.165, 1.54) is 0 Å². The van der Waals surface area contributed by atoms with Gasteiger partial charge in [-0.05, 0) is 43.0 Å². The van der Waals surface area contributed by atoms with Gasteiger partial charge in [-0.3, -0.25) is 19.3 Å². The fourth-order valence-electron chi connectivity index (χ4n) is 3.83. The van der Waals surface area contributed by atoms with Gasteiger partial charge in [0.15, 0.2) is 0 Å². The zero-order chi connectivity index (χ0) is 20.1. The fourth-order valence-corrected chi connectivity index (χ4v) is 3.83. The van der Waals surface area contributed by atoms with Crippen molar-refractivity contribution in [2.45, 2.75) is 58.5 Å². The summed E-state index contributed by atoms with van der Waals surface area (Å²) in [5, 5.41) is 3.98. The molecule has 1 aromatic heterocycles. The maximum Gasteiger partial charge on any atom is 0.300 e. The smallest absolute Gasteiger partial charge is 0.300 e. The summed E-state index contributed by atoms with van der Waals surface area (Å²) in [6, 6.07) is 5.82. The van der Waals surface area contributed by atoms with Gasteiger partial charge in [-0.2, -0.15) is 0 Å². The van der Waals surface area contributed by atoms with E-state index < -0.39 is 0 Å². The Bertz CT molecular complexity index is 896.